The maximum absolute atomic E-state index is 13.0. The number of halogens is 4. The van der Waals surface area contributed by atoms with Crippen molar-refractivity contribution in [2.45, 2.75) is 51.4 Å². The van der Waals surface area contributed by atoms with E-state index >= 15 is 0 Å². The lowest BCUT2D eigenvalue weighted by atomic mass is 10.1. The molecule has 0 fully saturated rings. The largest absolute Gasteiger partial charge is 0.475 e. The zero-order chi connectivity index (χ0) is 21.7. The molecule has 2 aromatic heterocycles. The summed E-state index contributed by atoms with van der Waals surface area (Å²) in [4.78, 5) is 12.4. The number of alkyl halides is 3. The molecule has 31 heavy (non-hydrogen) atoms. The average Bonchev–Trinajstić information content (AvgIpc) is 3.13. The van der Waals surface area contributed by atoms with Crippen LogP contribution in [0.4, 0.5) is 13.2 Å². The number of aromatic nitrogens is 4. The standard InChI is InChI=1S/C19H26F3N7O.HI/c1-12(2)16-27-15-7-6-13(11-29(15)28-16)26-18(23-3)25-9-10-30-17-14(19(20,21)22)5-4-8-24-17;/h4-5,8,12-13H,6-7,9-11H2,1-3H3,(H2,23,25,26);1H. The van der Waals surface area contributed by atoms with Crippen molar-refractivity contribution in [1.82, 2.24) is 30.4 Å². The summed E-state index contributed by atoms with van der Waals surface area (Å²) in [6.07, 6.45) is -1.54. The molecule has 0 saturated heterocycles. The van der Waals surface area contributed by atoms with Crippen LogP contribution < -0.4 is 15.4 Å². The van der Waals surface area contributed by atoms with Crippen molar-refractivity contribution in [2.24, 2.45) is 4.99 Å². The van der Waals surface area contributed by atoms with E-state index in [1.165, 1.54) is 12.3 Å². The minimum absolute atomic E-state index is 0. The highest BCUT2D eigenvalue weighted by molar-refractivity contribution is 14.0. The highest BCUT2D eigenvalue weighted by Gasteiger charge is 2.35. The fourth-order valence-corrected chi connectivity index (χ4v) is 3.12. The molecule has 0 saturated carbocycles. The monoisotopic (exact) mass is 553 g/mol. The van der Waals surface area contributed by atoms with Crippen molar-refractivity contribution in [1.29, 1.82) is 0 Å². The zero-order valence-electron chi connectivity index (χ0n) is 17.6. The Kier molecular flexibility index (Phi) is 8.89. The van der Waals surface area contributed by atoms with Gasteiger partial charge in [0.15, 0.2) is 11.8 Å². The SMILES string of the molecule is CN=C(NCCOc1ncccc1C(F)(F)F)NC1CCc2nc(C(C)C)nn2C1.I. The molecule has 0 aliphatic carbocycles. The summed E-state index contributed by atoms with van der Waals surface area (Å²) in [5.41, 5.74) is -0.890. The van der Waals surface area contributed by atoms with Crippen LogP contribution in [0.2, 0.25) is 0 Å². The van der Waals surface area contributed by atoms with Crippen LogP contribution in [0.5, 0.6) is 5.88 Å². The lowest BCUT2D eigenvalue weighted by Crippen LogP contribution is -2.47. The summed E-state index contributed by atoms with van der Waals surface area (Å²) in [7, 11) is 1.64. The molecule has 12 heteroatoms. The molecule has 0 aromatic carbocycles. The molecule has 172 valence electrons. The number of fused-ring (bicyclic) bond motifs is 1. The summed E-state index contributed by atoms with van der Waals surface area (Å²) in [5, 5.41) is 10.9. The van der Waals surface area contributed by atoms with Crippen LogP contribution in [-0.2, 0) is 19.1 Å². The molecule has 0 spiro atoms. The Bertz CT molecular complexity index is 886. The van der Waals surface area contributed by atoms with Crippen LogP contribution in [0.3, 0.4) is 0 Å². The molecule has 3 heterocycles. The van der Waals surface area contributed by atoms with Crippen LogP contribution in [0, 0.1) is 0 Å². The van der Waals surface area contributed by atoms with Crippen molar-refractivity contribution < 1.29 is 17.9 Å². The Labute approximate surface area is 196 Å². The van der Waals surface area contributed by atoms with Gasteiger partial charge in [-0.2, -0.15) is 18.3 Å². The molecule has 3 rings (SSSR count). The summed E-state index contributed by atoms with van der Waals surface area (Å²) in [6, 6.07) is 2.30. The van der Waals surface area contributed by atoms with Crippen LogP contribution in [0.25, 0.3) is 0 Å². The molecule has 0 amide bonds. The predicted molar refractivity (Wildman–Crippen MR) is 121 cm³/mol. The molecule has 1 aliphatic rings. The predicted octanol–water partition coefficient (Wildman–Crippen LogP) is 2.99. The first-order chi connectivity index (χ1) is 14.3. The summed E-state index contributed by atoms with van der Waals surface area (Å²) in [6.45, 7) is 5.08. The van der Waals surface area contributed by atoms with Gasteiger partial charge in [-0.25, -0.2) is 14.6 Å². The van der Waals surface area contributed by atoms with Gasteiger partial charge in [0.1, 0.15) is 18.0 Å². The first-order valence-electron chi connectivity index (χ1n) is 9.83. The minimum atomic E-state index is -4.51. The van der Waals surface area contributed by atoms with Crippen LogP contribution in [-0.4, -0.2) is 51.9 Å². The second-order valence-corrected chi connectivity index (χ2v) is 7.30. The summed E-state index contributed by atoms with van der Waals surface area (Å²) >= 11 is 0. The van der Waals surface area contributed by atoms with E-state index in [2.05, 4.69) is 44.5 Å². The fraction of sp³-hybridized carbons (Fsp3) is 0.579. The van der Waals surface area contributed by atoms with Gasteiger partial charge in [-0.3, -0.25) is 4.99 Å². The molecule has 2 aromatic rings. The van der Waals surface area contributed by atoms with Crippen LogP contribution >= 0.6 is 24.0 Å². The molecule has 2 N–H and O–H groups in total. The first-order valence-corrected chi connectivity index (χ1v) is 9.83. The van der Waals surface area contributed by atoms with Crippen molar-refractivity contribution in [3.8, 4) is 5.88 Å². The summed E-state index contributed by atoms with van der Waals surface area (Å²) < 4.78 is 46.1. The fourth-order valence-electron chi connectivity index (χ4n) is 3.12. The molecule has 0 bridgehead atoms. The zero-order valence-corrected chi connectivity index (χ0v) is 19.9. The molecular formula is C19H27F3IN7O. The van der Waals surface area contributed by atoms with E-state index in [-0.39, 0.29) is 49.1 Å². The quantitative estimate of drug-likeness (QED) is 0.248. The average molecular weight is 553 g/mol. The number of aliphatic imine (C=N–C) groups is 1. The van der Waals surface area contributed by atoms with E-state index in [1.807, 2.05) is 4.68 Å². The van der Waals surface area contributed by atoms with Gasteiger partial charge in [0.05, 0.1) is 13.1 Å². The maximum Gasteiger partial charge on any atom is 0.421 e. The highest BCUT2D eigenvalue weighted by Crippen LogP contribution is 2.34. The second-order valence-electron chi connectivity index (χ2n) is 7.30. The first kappa shape index (κ1) is 25.1. The van der Waals surface area contributed by atoms with Gasteiger partial charge in [0.2, 0.25) is 5.88 Å². The number of rotatable bonds is 6. The molecule has 0 radical (unpaired) electrons. The number of guanidine groups is 1. The Balaban J connectivity index is 0.00000341. The molecule has 8 nitrogen and oxygen atoms in total. The number of nitrogens with one attached hydrogen (secondary N) is 2. The van der Waals surface area contributed by atoms with Crippen LogP contribution in [0.1, 0.15) is 43.4 Å². The van der Waals surface area contributed by atoms with Gasteiger partial charge < -0.3 is 15.4 Å². The molecule has 1 unspecified atom stereocenters. The number of hydrogen-bond acceptors (Lipinski definition) is 5. The third-order valence-electron chi connectivity index (χ3n) is 4.67. The number of nitrogens with zero attached hydrogens (tertiary/aromatic N) is 5. The van der Waals surface area contributed by atoms with Crippen molar-refractivity contribution in [2.75, 3.05) is 20.2 Å². The lowest BCUT2D eigenvalue weighted by molar-refractivity contribution is -0.139. The second kappa shape index (κ2) is 11.0. The van der Waals surface area contributed by atoms with Crippen LogP contribution in [0.15, 0.2) is 23.3 Å². The van der Waals surface area contributed by atoms with Crippen molar-refractivity contribution in [3.63, 3.8) is 0 Å². The van der Waals surface area contributed by atoms with Crippen molar-refractivity contribution in [3.05, 3.63) is 35.5 Å². The number of pyridine rings is 1. The Morgan fingerprint density at radius 3 is 2.84 bits per heavy atom. The minimum Gasteiger partial charge on any atom is -0.475 e. The molecule has 1 atom stereocenters. The Hall–Kier alpha value is -2.12. The number of ether oxygens (including phenoxy) is 1. The molecular weight excluding hydrogens is 526 g/mol. The van der Waals surface area contributed by atoms with E-state index in [4.69, 9.17) is 4.74 Å². The highest BCUT2D eigenvalue weighted by atomic mass is 127. The third-order valence-corrected chi connectivity index (χ3v) is 4.67. The summed E-state index contributed by atoms with van der Waals surface area (Å²) in [5.74, 6) is 2.23. The maximum atomic E-state index is 13.0. The van der Waals surface area contributed by atoms with Gasteiger partial charge in [0, 0.05) is 31.6 Å². The van der Waals surface area contributed by atoms with E-state index in [1.54, 1.807) is 7.05 Å². The number of hydrogen-bond donors (Lipinski definition) is 2. The van der Waals surface area contributed by atoms with E-state index < -0.39 is 17.6 Å². The van der Waals surface area contributed by atoms with E-state index in [0.717, 1.165) is 30.6 Å². The van der Waals surface area contributed by atoms with Gasteiger partial charge in [-0.05, 0) is 18.6 Å². The normalized spacial score (nSPS) is 16.5. The van der Waals surface area contributed by atoms with Gasteiger partial charge in [-0.1, -0.05) is 13.8 Å². The topological polar surface area (TPSA) is 89.2 Å². The van der Waals surface area contributed by atoms with Crippen molar-refractivity contribution >= 4 is 29.9 Å². The lowest BCUT2D eigenvalue weighted by Gasteiger charge is -2.25. The van der Waals surface area contributed by atoms with Gasteiger partial charge in [-0.15, -0.1) is 24.0 Å². The Morgan fingerprint density at radius 2 is 2.16 bits per heavy atom. The Morgan fingerprint density at radius 1 is 1.39 bits per heavy atom. The van der Waals surface area contributed by atoms with Gasteiger partial charge >= 0.3 is 6.18 Å². The van der Waals surface area contributed by atoms with E-state index in [0.29, 0.717) is 12.5 Å². The molecule has 1 aliphatic heterocycles. The third kappa shape index (κ3) is 6.68. The number of aryl methyl sites for hydroxylation is 1. The smallest absolute Gasteiger partial charge is 0.421 e. The van der Waals surface area contributed by atoms with Gasteiger partial charge in [0.25, 0.3) is 0 Å². The van der Waals surface area contributed by atoms with E-state index in [9.17, 15) is 13.2 Å².